The minimum absolute atomic E-state index is 0.0250. The molecule has 5 rings (SSSR count). The fraction of sp³-hybridized carbons (Fsp3) is 0.259. The normalized spacial score (nSPS) is 14.3. The highest BCUT2D eigenvalue weighted by Crippen LogP contribution is 2.29. The van der Waals surface area contributed by atoms with Crippen LogP contribution in [0.3, 0.4) is 0 Å². The molecule has 4 aromatic rings. The van der Waals surface area contributed by atoms with Crippen LogP contribution in [0.4, 0.5) is 5.69 Å². The summed E-state index contributed by atoms with van der Waals surface area (Å²) in [7, 11) is 0. The van der Waals surface area contributed by atoms with E-state index in [1.807, 2.05) is 47.8 Å². The third-order valence-corrected chi connectivity index (χ3v) is 9.09. The van der Waals surface area contributed by atoms with Gasteiger partial charge in [0, 0.05) is 42.3 Å². The molecule has 0 saturated carbocycles. The van der Waals surface area contributed by atoms with Crippen molar-refractivity contribution in [2.45, 2.75) is 29.8 Å². The molecule has 3 heterocycles. The molecule has 1 fully saturated rings. The first kappa shape index (κ1) is 27.7. The number of H-pyrrole nitrogens is 1. The lowest BCUT2D eigenvalue weighted by Gasteiger charge is -2.32. The minimum Gasteiger partial charge on any atom is -0.353 e. The van der Waals surface area contributed by atoms with Crippen molar-refractivity contribution >= 4 is 63.8 Å². The summed E-state index contributed by atoms with van der Waals surface area (Å²) in [5.41, 5.74) is 3.99. The van der Waals surface area contributed by atoms with Crippen molar-refractivity contribution in [2.75, 3.05) is 24.2 Å². The Bertz CT molecular complexity index is 1420. The third kappa shape index (κ3) is 7.61. The van der Waals surface area contributed by atoms with Crippen LogP contribution in [0.25, 0.3) is 11.3 Å². The molecule has 0 bridgehead atoms. The Labute approximate surface area is 244 Å². The number of rotatable bonds is 9. The van der Waals surface area contributed by atoms with Crippen LogP contribution < -0.4 is 10.6 Å². The highest BCUT2D eigenvalue weighted by Gasteiger charge is 2.21. The Balaban J connectivity index is 1.04. The number of hydrogen-bond acceptors (Lipinski definition) is 7. The summed E-state index contributed by atoms with van der Waals surface area (Å²) in [6, 6.07) is 13.4. The number of carbonyl (C=O) groups is 2. The van der Waals surface area contributed by atoms with E-state index >= 15 is 0 Å². The number of aromatic amines is 1. The molecule has 39 heavy (non-hydrogen) atoms. The molecule has 3 N–H and O–H groups in total. The summed E-state index contributed by atoms with van der Waals surface area (Å²) < 4.78 is 0.841. The van der Waals surface area contributed by atoms with E-state index in [4.69, 9.17) is 23.2 Å². The van der Waals surface area contributed by atoms with Gasteiger partial charge in [0.05, 0.1) is 34.0 Å². The number of carbonyl (C=O) groups excluding carboxylic acids is 2. The van der Waals surface area contributed by atoms with Gasteiger partial charge < -0.3 is 15.6 Å². The first-order valence-electron chi connectivity index (χ1n) is 12.4. The third-order valence-electron chi connectivity index (χ3n) is 6.33. The molecule has 0 atom stereocenters. The molecule has 0 unspecified atom stereocenters. The van der Waals surface area contributed by atoms with E-state index in [0.29, 0.717) is 27.2 Å². The molecule has 1 saturated heterocycles. The van der Waals surface area contributed by atoms with Crippen LogP contribution in [0.2, 0.25) is 10.0 Å². The van der Waals surface area contributed by atoms with E-state index in [-0.39, 0.29) is 17.9 Å². The summed E-state index contributed by atoms with van der Waals surface area (Å²) in [5, 5.41) is 9.11. The molecule has 2 aromatic heterocycles. The molecule has 2 aromatic carbocycles. The first-order chi connectivity index (χ1) is 18.9. The molecule has 8 nitrogen and oxygen atoms in total. The maximum absolute atomic E-state index is 12.6. The maximum atomic E-state index is 12.6. The summed E-state index contributed by atoms with van der Waals surface area (Å²) >= 11 is 15.1. The lowest BCUT2D eigenvalue weighted by Crippen LogP contribution is -2.44. The fourth-order valence-corrected chi connectivity index (χ4v) is 6.25. The summed E-state index contributed by atoms with van der Waals surface area (Å²) in [6.07, 6.45) is 4.77. The molecule has 0 radical (unpaired) electrons. The minimum atomic E-state index is -0.250. The molecular formula is C27H26Cl2N6O2S2. The summed E-state index contributed by atoms with van der Waals surface area (Å²) in [6.45, 7) is 2.65. The second-order valence-electron chi connectivity index (χ2n) is 9.15. The van der Waals surface area contributed by atoms with Crippen LogP contribution in [0.5, 0.6) is 0 Å². The SMILES string of the molecule is O=C(CSc1nc(-c2ccc(NC(=O)c3cnc[nH]3)cc2)cs1)NC1CCN(Cc2ccc(Cl)c(Cl)c2)CC1. The van der Waals surface area contributed by atoms with Gasteiger partial charge in [-0.3, -0.25) is 14.5 Å². The van der Waals surface area contributed by atoms with Gasteiger partial charge in [0.25, 0.3) is 5.91 Å². The predicted molar refractivity (Wildman–Crippen MR) is 158 cm³/mol. The van der Waals surface area contributed by atoms with Crippen molar-refractivity contribution in [1.29, 1.82) is 0 Å². The lowest BCUT2D eigenvalue weighted by atomic mass is 10.0. The van der Waals surface area contributed by atoms with Gasteiger partial charge in [0.2, 0.25) is 5.91 Å². The zero-order chi connectivity index (χ0) is 27.2. The smallest absolute Gasteiger partial charge is 0.273 e. The van der Waals surface area contributed by atoms with Gasteiger partial charge >= 0.3 is 0 Å². The van der Waals surface area contributed by atoms with Crippen LogP contribution in [0.15, 0.2) is 64.7 Å². The Morgan fingerprint density at radius 1 is 1.10 bits per heavy atom. The van der Waals surface area contributed by atoms with Crippen LogP contribution in [-0.2, 0) is 11.3 Å². The maximum Gasteiger partial charge on any atom is 0.273 e. The quantitative estimate of drug-likeness (QED) is 0.205. The lowest BCUT2D eigenvalue weighted by molar-refractivity contribution is -0.119. The number of aromatic nitrogens is 3. The summed E-state index contributed by atoms with van der Waals surface area (Å²) in [4.78, 5) is 38.4. The van der Waals surface area contributed by atoms with Crippen molar-refractivity contribution in [3.63, 3.8) is 0 Å². The number of anilines is 1. The van der Waals surface area contributed by atoms with Crippen molar-refractivity contribution in [1.82, 2.24) is 25.2 Å². The number of halogens is 2. The number of nitrogens with one attached hydrogen (secondary N) is 3. The number of benzene rings is 2. The molecule has 0 spiro atoms. The molecule has 1 aliphatic heterocycles. The van der Waals surface area contributed by atoms with E-state index < -0.39 is 0 Å². The number of imidazole rings is 1. The number of hydrogen-bond donors (Lipinski definition) is 3. The van der Waals surface area contributed by atoms with Crippen molar-refractivity contribution < 1.29 is 9.59 Å². The van der Waals surface area contributed by atoms with E-state index in [9.17, 15) is 9.59 Å². The predicted octanol–water partition coefficient (Wildman–Crippen LogP) is 5.97. The zero-order valence-corrected chi connectivity index (χ0v) is 24.0. The van der Waals surface area contributed by atoms with E-state index in [0.717, 1.165) is 53.6 Å². The number of nitrogens with zero attached hydrogens (tertiary/aromatic N) is 3. The highest BCUT2D eigenvalue weighted by atomic mass is 35.5. The molecule has 0 aliphatic carbocycles. The molecule has 1 aliphatic rings. The van der Waals surface area contributed by atoms with Crippen LogP contribution in [0.1, 0.15) is 28.9 Å². The number of thioether (sulfide) groups is 1. The Hall–Kier alpha value is -2.89. The Kier molecular flexibility index (Phi) is 9.21. The number of thiazole rings is 1. The number of amides is 2. The average molecular weight is 602 g/mol. The molecule has 2 amide bonds. The van der Waals surface area contributed by atoms with Gasteiger partial charge in [-0.2, -0.15) is 0 Å². The van der Waals surface area contributed by atoms with Crippen molar-refractivity contribution in [3.05, 3.63) is 81.7 Å². The van der Waals surface area contributed by atoms with Gasteiger partial charge in [0.1, 0.15) is 5.69 Å². The van der Waals surface area contributed by atoms with Gasteiger partial charge in [0.15, 0.2) is 4.34 Å². The molecule has 202 valence electrons. The second-order valence-corrected chi connectivity index (χ2v) is 12.0. The topological polar surface area (TPSA) is 103 Å². The van der Waals surface area contributed by atoms with Gasteiger partial charge in [-0.15, -0.1) is 11.3 Å². The number of likely N-dealkylation sites (tertiary alicyclic amines) is 1. The summed E-state index contributed by atoms with van der Waals surface area (Å²) in [5.74, 6) is 0.103. The number of piperidine rings is 1. The van der Waals surface area contributed by atoms with E-state index in [1.165, 1.54) is 35.6 Å². The molecular weight excluding hydrogens is 575 g/mol. The molecule has 12 heteroatoms. The van der Waals surface area contributed by atoms with Crippen molar-refractivity contribution in [2.24, 2.45) is 0 Å². The van der Waals surface area contributed by atoms with Gasteiger partial charge in [-0.25, -0.2) is 9.97 Å². The van der Waals surface area contributed by atoms with E-state index in [2.05, 4.69) is 30.5 Å². The Morgan fingerprint density at radius 3 is 2.62 bits per heavy atom. The first-order valence-corrected chi connectivity index (χ1v) is 15.0. The van der Waals surface area contributed by atoms with Crippen LogP contribution >= 0.6 is 46.3 Å². The standard InChI is InChI=1S/C27H26Cl2N6O2S2/c28-21-6-1-17(11-22(21)29)13-35-9-7-20(8-10-35)32-25(36)15-39-27-34-24(14-38-27)18-2-4-19(5-3-18)33-26(37)23-12-30-16-31-23/h1-6,11-12,14,16,20H,7-10,13,15H2,(H,30,31)(H,32,36)(H,33,37). The zero-order valence-electron chi connectivity index (χ0n) is 20.8. The monoisotopic (exact) mass is 600 g/mol. The largest absolute Gasteiger partial charge is 0.353 e. The van der Waals surface area contributed by atoms with Gasteiger partial charge in [-0.1, -0.05) is 53.2 Å². The Morgan fingerprint density at radius 2 is 1.90 bits per heavy atom. The van der Waals surface area contributed by atoms with Gasteiger partial charge in [-0.05, 0) is 42.7 Å². The van der Waals surface area contributed by atoms with E-state index in [1.54, 1.807) is 0 Å². The van der Waals surface area contributed by atoms with Crippen LogP contribution in [-0.4, -0.2) is 56.6 Å². The fourth-order valence-electron chi connectivity index (χ4n) is 4.29. The van der Waals surface area contributed by atoms with Crippen LogP contribution in [0, 0.1) is 0 Å². The van der Waals surface area contributed by atoms with Crippen molar-refractivity contribution in [3.8, 4) is 11.3 Å². The average Bonchev–Trinajstić information content (AvgIpc) is 3.64. The highest BCUT2D eigenvalue weighted by molar-refractivity contribution is 8.01. The second kappa shape index (κ2) is 13.0.